The van der Waals surface area contributed by atoms with Crippen LogP contribution in [0.4, 0.5) is 5.82 Å². The number of anilines is 1. The highest BCUT2D eigenvalue weighted by Crippen LogP contribution is 2.12. The maximum Gasteiger partial charge on any atom is 0.317 e. The van der Waals surface area contributed by atoms with Crippen molar-refractivity contribution in [3.8, 4) is 0 Å². The van der Waals surface area contributed by atoms with Crippen LogP contribution in [0, 0.1) is 0 Å². The number of carbonyl (C=O) groups is 2. The number of amides is 1. The van der Waals surface area contributed by atoms with E-state index in [2.05, 4.69) is 15.8 Å². The van der Waals surface area contributed by atoms with Crippen LogP contribution in [0.1, 0.15) is 20.8 Å². The van der Waals surface area contributed by atoms with Crippen LogP contribution in [0.2, 0.25) is 0 Å². The van der Waals surface area contributed by atoms with Gasteiger partial charge in [0, 0.05) is 11.7 Å². The predicted molar refractivity (Wildman–Crippen MR) is 75.0 cm³/mol. The maximum atomic E-state index is 11.8. The molecule has 0 aromatic carbocycles. The van der Waals surface area contributed by atoms with E-state index >= 15 is 0 Å². The molecule has 7 heteroatoms. The lowest BCUT2D eigenvalue weighted by Crippen LogP contribution is -2.50. The monoisotopic (exact) mass is 280 g/mol. The Kier molecular flexibility index (Phi) is 5.45. The molecule has 20 heavy (non-hydrogen) atoms. The van der Waals surface area contributed by atoms with Crippen molar-refractivity contribution in [1.82, 2.24) is 15.3 Å². The Morgan fingerprint density at radius 3 is 2.50 bits per heavy atom. The zero-order valence-corrected chi connectivity index (χ0v) is 11.9. The minimum Gasteiger partial charge on any atom is -0.480 e. The van der Waals surface area contributed by atoms with Crippen molar-refractivity contribution in [2.45, 2.75) is 26.3 Å². The van der Waals surface area contributed by atoms with Gasteiger partial charge in [0.05, 0.1) is 13.1 Å². The number of aliphatic carboxylic acids is 1. The van der Waals surface area contributed by atoms with Gasteiger partial charge in [0.2, 0.25) is 0 Å². The molecule has 0 saturated heterocycles. The summed E-state index contributed by atoms with van der Waals surface area (Å²) in [6.07, 6.45) is 1.60. The van der Waals surface area contributed by atoms with Crippen LogP contribution in [0.5, 0.6) is 0 Å². The Labute approximate surface area is 118 Å². The van der Waals surface area contributed by atoms with Gasteiger partial charge in [0.25, 0.3) is 5.91 Å². The normalized spacial score (nSPS) is 11.2. The molecular formula is C13H20N4O3. The number of hydrogen-bond donors (Lipinski definition) is 3. The van der Waals surface area contributed by atoms with Gasteiger partial charge in [0.15, 0.2) is 0 Å². The molecule has 3 N–H and O–H groups in total. The Morgan fingerprint density at radius 2 is 2.00 bits per heavy atom. The number of hydrogen-bond acceptors (Lipinski definition) is 5. The van der Waals surface area contributed by atoms with Gasteiger partial charge in [-0.3, -0.25) is 25.3 Å². The summed E-state index contributed by atoms with van der Waals surface area (Å²) in [5.74, 6) is -0.779. The van der Waals surface area contributed by atoms with Crippen LogP contribution < -0.4 is 10.9 Å². The van der Waals surface area contributed by atoms with E-state index in [-0.39, 0.29) is 19.0 Å². The topological polar surface area (TPSA) is 94.6 Å². The van der Waals surface area contributed by atoms with Crippen molar-refractivity contribution in [2.24, 2.45) is 0 Å². The molecular weight excluding hydrogens is 260 g/mol. The predicted octanol–water partition coefficient (Wildman–Crippen LogP) is 0.710. The molecule has 0 saturated carbocycles. The fourth-order valence-electron chi connectivity index (χ4n) is 1.48. The van der Waals surface area contributed by atoms with E-state index in [1.165, 1.54) is 0 Å². The van der Waals surface area contributed by atoms with Crippen LogP contribution in [-0.2, 0) is 9.59 Å². The van der Waals surface area contributed by atoms with Gasteiger partial charge >= 0.3 is 5.97 Å². The van der Waals surface area contributed by atoms with E-state index in [1.807, 2.05) is 20.8 Å². The van der Waals surface area contributed by atoms with Gasteiger partial charge < -0.3 is 5.11 Å². The first-order valence-corrected chi connectivity index (χ1v) is 6.22. The Bertz CT molecular complexity index is 456. The molecule has 0 aliphatic carbocycles. The van der Waals surface area contributed by atoms with Crippen LogP contribution >= 0.6 is 0 Å². The van der Waals surface area contributed by atoms with Crippen LogP contribution in [0.25, 0.3) is 0 Å². The molecule has 1 aromatic heterocycles. The molecule has 1 rings (SSSR count). The highest BCUT2D eigenvalue weighted by Gasteiger charge is 2.25. The fraction of sp³-hybridized carbons (Fsp3) is 0.462. The Balaban J connectivity index is 2.52. The number of nitrogens with zero attached hydrogens (tertiary/aromatic N) is 2. The summed E-state index contributed by atoms with van der Waals surface area (Å²) in [6.45, 7) is 5.36. The number of hydrazine groups is 1. The average molecular weight is 280 g/mol. The SMILES string of the molecule is CC(C)(C)N(CC(=O)O)CC(=O)NNc1ccccn1. The maximum absolute atomic E-state index is 11.8. The second-order valence-electron chi connectivity index (χ2n) is 5.31. The summed E-state index contributed by atoms with van der Waals surface area (Å²) in [4.78, 5) is 28.2. The third kappa shape index (κ3) is 5.66. The summed E-state index contributed by atoms with van der Waals surface area (Å²) in [5, 5.41) is 8.87. The number of carboxylic acid groups (broad SMARTS) is 1. The lowest BCUT2D eigenvalue weighted by Gasteiger charge is -2.33. The summed E-state index contributed by atoms with van der Waals surface area (Å²) in [7, 11) is 0. The molecule has 0 aliphatic rings. The summed E-state index contributed by atoms with van der Waals surface area (Å²) >= 11 is 0. The standard InChI is InChI=1S/C13H20N4O3/c1-13(2,3)17(9-12(19)20)8-11(18)16-15-10-6-4-5-7-14-10/h4-7H,8-9H2,1-3H3,(H,14,15)(H,16,18)(H,19,20). The van der Waals surface area contributed by atoms with E-state index < -0.39 is 11.5 Å². The largest absolute Gasteiger partial charge is 0.480 e. The summed E-state index contributed by atoms with van der Waals surface area (Å²) in [5.41, 5.74) is 4.74. The number of aromatic nitrogens is 1. The number of rotatable bonds is 6. The fourth-order valence-corrected chi connectivity index (χ4v) is 1.48. The van der Waals surface area contributed by atoms with Crippen molar-refractivity contribution < 1.29 is 14.7 Å². The lowest BCUT2D eigenvalue weighted by atomic mass is 10.1. The molecule has 0 fully saturated rings. The third-order valence-electron chi connectivity index (χ3n) is 2.60. The van der Waals surface area contributed by atoms with Gasteiger partial charge in [-0.2, -0.15) is 0 Å². The minimum atomic E-state index is -0.967. The van der Waals surface area contributed by atoms with Gasteiger partial charge in [-0.15, -0.1) is 0 Å². The molecule has 110 valence electrons. The molecule has 1 aromatic rings. The third-order valence-corrected chi connectivity index (χ3v) is 2.60. The molecule has 7 nitrogen and oxygen atoms in total. The molecule has 0 radical (unpaired) electrons. The van der Waals surface area contributed by atoms with Crippen molar-refractivity contribution in [3.05, 3.63) is 24.4 Å². The van der Waals surface area contributed by atoms with E-state index in [1.54, 1.807) is 29.3 Å². The second-order valence-corrected chi connectivity index (χ2v) is 5.31. The van der Waals surface area contributed by atoms with Crippen molar-refractivity contribution in [3.63, 3.8) is 0 Å². The number of carbonyl (C=O) groups excluding carboxylic acids is 1. The second kappa shape index (κ2) is 6.85. The first-order valence-electron chi connectivity index (χ1n) is 6.22. The van der Waals surface area contributed by atoms with E-state index in [0.29, 0.717) is 5.82 Å². The molecule has 1 amide bonds. The average Bonchev–Trinajstić information content (AvgIpc) is 2.35. The molecule has 0 aliphatic heterocycles. The zero-order valence-electron chi connectivity index (χ0n) is 11.9. The molecule has 0 unspecified atom stereocenters. The van der Waals surface area contributed by atoms with Crippen molar-refractivity contribution in [1.29, 1.82) is 0 Å². The first kappa shape index (κ1) is 15.9. The van der Waals surface area contributed by atoms with E-state index in [0.717, 1.165) is 0 Å². The molecule has 0 atom stereocenters. The van der Waals surface area contributed by atoms with Gasteiger partial charge in [-0.1, -0.05) is 6.07 Å². The quantitative estimate of drug-likeness (QED) is 0.664. The highest BCUT2D eigenvalue weighted by molar-refractivity contribution is 5.80. The lowest BCUT2D eigenvalue weighted by molar-refractivity contribution is -0.140. The minimum absolute atomic E-state index is 0.0182. The van der Waals surface area contributed by atoms with E-state index in [9.17, 15) is 9.59 Å². The number of nitrogens with one attached hydrogen (secondary N) is 2. The Hall–Kier alpha value is -2.15. The Morgan fingerprint density at radius 1 is 1.30 bits per heavy atom. The van der Waals surface area contributed by atoms with Crippen LogP contribution in [0.15, 0.2) is 24.4 Å². The highest BCUT2D eigenvalue weighted by atomic mass is 16.4. The number of pyridine rings is 1. The van der Waals surface area contributed by atoms with Crippen LogP contribution in [-0.4, -0.2) is 45.5 Å². The first-order chi connectivity index (χ1) is 9.29. The van der Waals surface area contributed by atoms with Gasteiger partial charge in [0.1, 0.15) is 5.82 Å². The van der Waals surface area contributed by atoms with Crippen molar-refractivity contribution in [2.75, 3.05) is 18.5 Å². The molecule has 0 spiro atoms. The molecule has 0 bridgehead atoms. The number of carboxylic acids is 1. The smallest absolute Gasteiger partial charge is 0.317 e. The van der Waals surface area contributed by atoms with Gasteiger partial charge in [-0.05, 0) is 32.9 Å². The summed E-state index contributed by atoms with van der Waals surface area (Å²) < 4.78 is 0. The van der Waals surface area contributed by atoms with E-state index in [4.69, 9.17) is 5.11 Å². The zero-order chi connectivity index (χ0) is 15.2. The molecule has 1 heterocycles. The van der Waals surface area contributed by atoms with Crippen molar-refractivity contribution >= 4 is 17.7 Å². The van der Waals surface area contributed by atoms with Crippen LogP contribution in [0.3, 0.4) is 0 Å². The summed E-state index contributed by atoms with van der Waals surface area (Å²) in [6, 6.07) is 5.26. The van der Waals surface area contributed by atoms with Gasteiger partial charge in [-0.25, -0.2) is 4.98 Å².